The van der Waals surface area contributed by atoms with E-state index in [1.165, 1.54) is 19.1 Å². The Bertz CT molecular complexity index is 887. The van der Waals surface area contributed by atoms with Crippen molar-refractivity contribution >= 4 is 29.3 Å². The number of rotatable bonds is 7. The lowest BCUT2D eigenvalue weighted by atomic mass is 9.96. The van der Waals surface area contributed by atoms with Crippen LogP contribution >= 0.6 is 0 Å². The third kappa shape index (κ3) is 6.04. The minimum Gasteiger partial charge on any atom is -0.364 e. The molecule has 5 N–H and O–H groups in total. The van der Waals surface area contributed by atoms with E-state index in [1.54, 1.807) is 13.8 Å². The molecule has 0 saturated heterocycles. The summed E-state index contributed by atoms with van der Waals surface area (Å²) in [5.41, 5.74) is 7.08. The van der Waals surface area contributed by atoms with Crippen LogP contribution in [0.3, 0.4) is 0 Å². The monoisotopic (exact) mass is 412 g/mol. The topological polar surface area (TPSA) is 130 Å². The molecule has 160 valence electrons. The fraction of sp³-hybridized carbons (Fsp3) is 0.364. The molecule has 2 atom stereocenters. The van der Waals surface area contributed by atoms with Crippen molar-refractivity contribution in [2.24, 2.45) is 11.7 Å². The van der Waals surface area contributed by atoms with Crippen molar-refractivity contribution < 1.29 is 19.2 Å². The van der Waals surface area contributed by atoms with Crippen LogP contribution in [0.1, 0.15) is 51.5 Å². The average Bonchev–Trinajstić information content (AvgIpc) is 3.20. The first-order valence-corrected chi connectivity index (χ1v) is 9.87. The Hall–Kier alpha value is -3.42. The van der Waals surface area contributed by atoms with E-state index < -0.39 is 11.8 Å². The van der Waals surface area contributed by atoms with E-state index in [4.69, 9.17) is 5.73 Å². The smallest absolute Gasteiger partial charge is 0.271 e. The fourth-order valence-electron chi connectivity index (χ4n) is 3.52. The van der Waals surface area contributed by atoms with E-state index in [1.807, 2.05) is 24.3 Å². The molecule has 1 aliphatic rings. The van der Waals surface area contributed by atoms with Gasteiger partial charge < -0.3 is 21.7 Å². The van der Waals surface area contributed by atoms with Crippen LogP contribution in [0.15, 0.2) is 47.8 Å². The van der Waals surface area contributed by atoms with Gasteiger partial charge in [0.15, 0.2) is 0 Å². The molecule has 1 aromatic rings. The summed E-state index contributed by atoms with van der Waals surface area (Å²) in [5, 5.41) is 7.80. The molecule has 1 aromatic carbocycles. The molecular weight excluding hydrogens is 384 g/mol. The molecule has 1 aliphatic carbocycles. The Morgan fingerprint density at radius 3 is 2.13 bits per heavy atom. The van der Waals surface area contributed by atoms with Crippen molar-refractivity contribution in [2.45, 2.75) is 46.0 Å². The highest BCUT2D eigenvalue weighted by Gasteiger charge is 2.31. The fourth-order valence-corrected chi connectivity index (χ4v) is 3.52. The number of carbonyl (C=O) groups excluding carboxylic acids is 4. The highest BCUT2D eigenvalue weighted by molar-refractivity contribution is 6.03. The number of anilines is 1. The van der Waals surface area contributed by atoms with Crippen LogP contribution in [0.4, 0.5) is 5.69 Å². The second-order valence-electron chi connectivity index (χ2n) is 7.22. The van der Waals surface area contributed by atoms with Crippen LogP contribution < -0.4 is 21.7 Å². The Kier molecular flexibility index (Phi) is 7.91. The lowest BCUT2D eigenvalue weighted by molar-refractivity contribution is -0.126. The van der Waals surface area contributed by atoms with Gasteiger partial charge in [-0.2, -0.15) is 0 Å². The molecule has 1 fully saturated rings. The molecule has 0 heterocycles. The number of benzene rings is 1. The third-order valence-electron chi connectivity index (χ3n) is 5.10. The SMILES string of the molecule is C/C=C(\NC(=O)C1CCC(c2ccc(NC(C)=O)cc2)C1)C(=O)N/C(=C/C)C(N)=O. The van der Waals surface area contributed by atoms with Crippen molar-refractivity contribution in [3.63, 3.8) is 0 Å². The Balaban J connectivity index is 1.95. The summed E-state index contributed by atoms with van der Waals surface area (Å²) in [6, 6.07) is 7.63. The summed E-state index contributed by atoms with van der Waals surface area (Å²) in [6.45, 7) is 4.67. The first-order chi connectivity index (χ1) is 14.2. The van der Waals surface area contributed by atoms with Gasteiger partial charge in [0.25, 0.3) is 11.8 Å². The molecular formula is C22H28N4O4. The van der Waals surface area contributed by atoms with Crippen LogP contribution in [0.25, 0.3) is 0 Å². The molecule has 1 saturated carbocycles. The molecule has 4 amide bonds. The highest BCUT2D eigenvalue weighted by atomic mass is 16.2. The lowest BCUT2D eigenvalue weighted by Crippen LogP contribution is -2.39. The maximum atomic E-state index is 12.7. The summed E-state index contributed by atoms with van der Waals surface area (Å²) in [7, 11) is 0. The van der Waals surface area contributed by atoms with E-state index in [-0.39, 0.29) is 35.0 Å². The molecule has 2 rings (SSSR count). The molecule has 2 unspecified atom stereocenters. The van der Waals surface area contributed by atoms with E-state index in [0.717, 1.165) is 17.7 Å². The summed E-state index contributed by atoms with van der Waals surface area (Å²) >= 11 is 0. The lowest BCUT2D eigenvalue weighted by Gasteiger charge is -2.15. The van der Waals surface area contributed by atoms with E-state index >= 15 is 0 Å². The van der Waals surface area contributed by atoms with Crippen molar-refractivity contribution in [2.75, 3.05) is 5.32 Å². The van der Waals surface area contributed by atoms with Gasteiger partial charge >= 0.3 is 0 Å². The second-order valence-corrected chi connectivity index (χ2v) is 7.22. The Morgan fingerprint density at radius 2 is 1.60 bits per heavy atom. The average molecular weight is 412 g/mol. The predicted octanol–water partition coefficient (Wildman–Crippen LogP) is 2.05. The van der Waals surface area contributed by atoms with Crippen molar-refractivity contribution in [3.05, 3.63) is 53.4 Å². The second kappa shape index (κ2) is 10.4. The van der Waals surface area contributed by atoms with Crippen LogP contribution in [0, 0.1) is 5.92 Å². The summed E-state index contributed by atoms with van der Waals surface area (Å²) < 4.78 is 0. The Labute approximate surface area is 176 Å². The minimum absolute atomic E-state index is 0.0303. The van der Waals surface area contributed by atoms with Gasteiger partial charge in [-0.05, 0) is 56.7 Å². The van der Waals surface area contributed by atoms with Gasteiger partial charge in [-0.3, -0.25) is 19.2 Å². The summed E-state index contributed by atoms with van der Waals surface area (Å²) in [4.78, 5) is 47.4. The van der Waals surface area contributed by atoms with E-state index in [2.05, 4.69) is 16.0 Å². The van der Waals surface area contributed by atoms with Gasteiger partial charge in [-0.1, -0.05) is 24.3 Å². The molecule has 0 spiro atoms. The molecule has 0 bridgehead atoms. The van der Waals surface area contributed by atoms with Crippen LogP contribution in [0.2, 0.25) is 0 Å². The normalized spacial score (nSPS) is 19.2. The minimum atomic E-state index is -0.754. The standard InChI is InChI=1S/C22H28N4O4/c1-4-18(20(23)28)25-22(30)19(5-2)26-21(29)16-7-6-15(12-16)14-8-10-17(11-9-14)24-13(3)27/h4-5,8-11,15-16H,6-7,12H2,1-3H3,(H2,23,28)(H,24,27)(H,25,30)(H,26,29)/b18-4+,19-5-. The molecule has 0 radical (unpaired) electrons. The molecule has 8 heteroatoms. The zero-order valence-electron chi connectivity index (χ0n) is 17.5. The van der Waals surface area contributed by atoms with Crippen LogP contribution in [-0.4, -0.2) is 23.6 Å². The molecule has 8 nitrogen and oxygen atoms in total. The number of nitrogens with one attached hydrogen (secondary N) is 3. The number of carbonyl (C=O) groups is 4. The van der Waals surface area contributed by atoms with Crippen LogP contribution in [-0.2, 0) is 19.2 Å². The number of allylic oxidation sites excluding steroid dienone is 2. The zero-order valence-corrected chi connectivity index (χ0v) is 17.5. The van der Waals surface area contributed by atoms with Gasteiger partial charge in [0.1, 0.15) is 11.4 Å². The number of amides is 4. The maximum absolute atomic E-state index is 12.7. The van der Waals surface area contributed by atoms with Gasteiger partial charge in [0, 0.05) is 18.5 Å². The quantitative estimate of drug-likeness (QED) is 0.511. The van der Waals surface area contributed by atoms with Crippen molar-refractivity contribution in [3.8, 4) is 0 Å². The van der Waals surface area contributed by atoms with Crippen molar-refractivity contribution in [1.29, 1.82) is 0 Å². The predicted molar refractivity (Wildman–Crippen MR) is 114 cm³/mol. The largest absolute Gasteiger partial charge is 0.364 e. The van der Waals surface area contributed by atoms with Gasteiger partial charge in [-0.15, -0.1) is 0 Å². The van der Waals surface area contributed by atoms with Crippen molar-refractivity contribution in [1.82, 2.24) is 10.6 Å². The number of primary amides is 1. The van der Waals surface area contributed by atoms with Gasteiger partial charge in [0.2, 0.25) is 11.8 Å². The molecule has 30 heavy (non-hydrogen) atoms. The first kappa shape index (κ1) is 22.9. The highest BCUT2D eigenvalue weighted by Crippen LogP contribution is 2.38. The van der Waals surface area contributed by atoms with E-state index in [0.29, 0.717) is 12.8 Å². The number of nitrogens with two attached hydrogens (primary N) is 1. The summed E-state index contributed by atoms with van der Waals surface area (Å²) in [6.07, 6.45) is 5.12. The van der Waals surface area contributed by atoms with E-state index in [9.17, 15) is 19.2 Å². The molecule has 0 aliphatic heterocycles. The zero-order chi connectivity index (χ0) is 22.3. The maximum Gasteiger partial charge on any atom is 0.271 e. The van der Waals surface area contributed by atoms with Crippen LogP contribution in [0.5, 0.6) is 0 Å². The summed E-state index contributed by atoms with van der Waals surface area (Å²) in [5.74, 6) is -1.68. The third-order valence-corrected chi connectivity index (χ3v) is 5.10. The van der Waals surface area contributed by atoms with Gasteiger partial charge in [-0.25, -0.2) is 0 Å². The number of hydrogen-bond acceptors (Lipinski definition) is 4. The Morgan fingerprint density at radius 1 is 0.967 bits per heavy atom. The van der Waals surface area contributed by atoms with Gasteiger partial charge in [0.05, 0.1) is 0 Å². The first-order valence-electron chi connectivity index (χ1n) is 9.87. The molecule has 0 aromatic heterocycles. The number of hydrogen-bond donors (Lipinski definition) is 4.